The van der Waals surface area contributed by atoms with Crippen LogP contribution in [0.25, 0.3) is 10.2 Å². The molecule has 25 heavy (non-hydrogen) atoms. The molecule has 0 saturated carbocycles. The number of hydrogen-bond acceptors (Lipinski definition) is 6. The molecular weight excluding hydrogens is 334 g/mol. The Bertz CT molecular complexity index is 895. The van der Waals surface area contributed by atoms with Crippen molar-refractivity contribution in [3.05, 3.63) is 47.4 Å². The molecule has 0 aliphatic carbocycles. The van der Waals surface area contributed by atoms with Gasteiger partial charge in [-0.05, 0) is 42.8 Å². The Kier molecular flexibility index (Phi) is 4.31. The topological polar surface area (TPSA) is 71.0 Å². The van der Waals surface area contributed by atoms with Crippen molar-refractivity contribution in [3.63, 3.8) is 0 Å². The smallest absolute Gasteiger partial charge is 0.251 e. The molecule has 1 unspecified atom stereocenters. The number of carbonyl (C=O) groups is 1. The van der Waals surface area contributed by atoms with Crippen molar-refractivity contribution < 1.29 is 4.79 Å². The average Bonchev–Trinajstić information content (AvgIpc) is 3.04. The van der Waals surface area contributed by atoms with E-state index >= 15 is 0 Å². The lowest BCUT2D eigenvalue weighted by atomic mass is 10.0. The highest BCUT2D eigenvalue weighted by atomic mass is 32.1. The van der Waals surface area contributed by atoms with Crippen molar-refractivity contribution in [3.8, 4) is 0 Å². The Labute approximate surface area is 149 Å². The van der Waals surface area contributed by atoms with E-state index in [-0.39, 0.29) is 11.9 Å². The molecular formula is C18H19N5OS. The largest absolute Gasteiger partial charge is 0.353 e. The summed E-state index contributed by atoms with van der Waals surface area (Å²) in [6, 6.07) is 3.58. The van der Waals surface area contributed by atoms with Crippen LogP contribution in [0.3, 0.4) is 0 Å². The monoisotopic (exact) mass is 353 g/mol. The van der Waals surface area contributed by atoms with E-state index in [1.807, 2.05) is 0 Å². The van der Waals surface area contributed by atoms with Crippen molar-refractivity contribution in [1.82, 2.24) is 20.3 Å². The first-order valence-corrected chi connectivity index (χ1v) is 9.25. The van der Waals surface area contributed by atoms with E-state index in [1.54, 1.807) is 42.2 Å². The van der Waals surface area contributed by atoms with Gasteiger partial charge in [-0.2, -0.15) is 0 Å². The third kappa shape index (κ3) is 3.19. The van der Waals surface area contributed by atoms with Gasteiger partial charge in [0.25, 0.3) is 5.91 Å². The number of aromatic nitrogens is 3. The number of nitrogens with one attached hydrogen (secondary N) is 1. The summed E-state index contributed by atoms with van der Waals surface area (Å²) in [4.78, 5) is 27.5. The molecule has 6 nitrogen and oxygen atoms in total. The molecule has 1 fully saturated rings. The van der Waals surface area contributed by atoms with Gasteiger partial charge in [0.05, 0.1) is 10.2 Å². The van der Waals surface area contributed by atoms with Crippen LogP contribution in [-0.4, -0.2) is 40.0 Å². The number of carbonyl (C=O) groups excluding carboxylic acids is 1. The number of thiophene rings is 1. The van der Waals surface area contributed by atoms with E-state index in [2.05, 4.69) is 37.5 Å². The zero-order valence-corrected chi connectivity index (χ0v) is 14.8. The van der Waals surface area contributed by atoms with Crippen LogP contribution in [-0.2, 0) is 0 Å². The molecule has 7 heteroatoms. The molecule has 0 bridgehead atoms. The molecule has 0 spiro atoms. The predicted molar refractivity (Wildman–Crippen MR) is 99.1 cm³/mol. The lowest BCUT2D eigenvalue weighted by Crippen LogP contribution is -2.48. The Morgan fingerprint density at radius 3 is 3.00 bits per heavy atom. The molecule has 3 aromatic rings. The van der Waals surface area contributed by atoms with Crippen LogP contribution >= 0.6 is 11.3 Å². The molecule has 1 saturated heterocycles. The van der Waals surface area contributed by atoms with Gasteiger partial charge in [-0.3, -0.25) is 9.78 Å². The van der Waals surface area contributed by atoms with Gasteiger partial charge in [-0.15, -0.1) is 11.3 Å². The number of fused-ring (bicyclic) bond motifs is 1. The van der Waals surface area contributed by atoms with E-state index in [0.717, 1.165) is 42.0 Å². The van der Waals surface area contributed by atoms with Gasteiger partial charge < -0.3 is 10.2 Å². The summed E-state index contributed by atoms with van der Waals surface area (Å²) in [5.41, 5.74) is 2.85. The molecule has 1 aliphatic heterocycles. The highest BCUT2D eigenvalue weighted by Crippen LogP contribution is 2.32. The van der Waals surface area contributed by atoms with E-state index in [0.29, 0.717) is 5.56 Å². The highest BCUT2D eigenvalue weighted by Gasteiger charge is 2.24. The standard InChI is InChI=1S/C18H19N5OS/c1-12-10-25-16-15(12)20-11-21-17(16)23-8-2-3-14(9-23)22-18(24)13-4-6-19-7-5-13/h4-7,10-11,14H,2-3,8-9H2,1H3,(H,22,24). The maximum absolute atomic E-state index is 12.4. The summed E-state index contributed by atoms with van der Waals surface area (Å²) in [5.74, 6) is 0.931. The van der Waals surface area contributed by atoms with E-state index in [9.17, 15) is 4.79 Å². The van der Waals surface area contributed by atoms with Gasteiger partial charge in [0.15, 0.2) is 0 Å². The van der Waals surface area contributed by atoms with Crippen molar-refractivity contribution >= 4 is 33.3 Å². The first-order valence-electron chi connectivity index (χ1n) is 8.37. The Morgan fingerprint density at radius 2 is 2.16 bits per heavy atom. The first-order chi connectivity index (χ1) is 12.2. The molecule has 1 amide bonds. The number of nitrogens with zero attached hydrogens (tertiary/aromatic N) is 4. The summed E-state index contributed by atoms with van der Waals surface area (Å²) >= 11 is 1.69. The Morgan fingerprint density at radius 1 is 1.32 bits per heavy atom. The predicted octanol–water partition coefficient (Wildman–Crippen LogP) is 2.79. The molecule has 1 aliphatic rings. The lowest BCUT2D eigenvalue weighted by molar-refractivity contribution is 0.0933. The van der Waals surface area contributed by atoms with Crippen molar-refractivity contribution in [2.75, 3.05) is 18.0 Å². The summed E-state index contributed by atoms with van der Waals surface area (Å²) < 4.78 is 1.13. The average molecular weight is 353 g/mol. The van der Waals surface area contributed by atoms with Crippen LogP contribution in [0.1, 0.15) is 28.8 Å². The number of rotatable bonds is 3. The number of anilines is 1. The number of amides is 1. The Hall–Kier alpha value is -2.54. The fourth-order valence-electron chi connectivity index (χ4n) is 3.24. The van der Waals surface area contributed by atoms with Crippen LogP contribution in [0.4, 0.5) is 5.82 Å². The van der Waals surface area contributed by atoms with Crippen LogP contribution < -0.4 is 10.2 Å². The lowest BCUT2D eigenvalue weighted by Gasteiger charge is -2.34. The molecule has 0 radical (unpaired) electrons. The molecule has 128 valence electrons. The van der Waals surface area contributed by atoms with Gasteiger partial charge in [0, 0.05) is 37.1 Å². The number of aryl methyl sites for hydroxylation is 1. The van der Waals surface area contributed by atoms with Crippen LogP contribution in [0.2, 0.25) is 0 Å². The minimum absolute atomic E-state index is 0.0472. The van der Waals surface area contributed by atoms with Gasteiger partial charge in [-0.25, -0.2) is 9.97 Å². The van der Waals surface area contributed by atoms with Crippen LogP contribution in [0, 0.1) is 6.92 Å². The van der Waals surface area contributed by atoms with Gasteiger partial charge in [-0.1, -0.05) is 0 Å². The molecule has 0 aromatic carbocycles. The maximum Gasteiger partial charge on any atom is 0.251 e. The molecule has 4 rings (SSSR count). The van der Waals surface area contributed by atoms with Gasteiger partial charge in [0.1, 0.15) is 12.1 Å². The second-order valence-electron chi connectivity index (χ2n) is 6.29. The summed E-state index contributed by atoms with van der Waals surface area (Å²) in [5, 5.41) is 5.26. The molecule has 4 heterocycles. The van der Waals surface area contributed by atoms with Gasteiger partial charge >= 0.3 is 0 Å². The minimum atomic E-state index is -0.0472. The van der Waals surface area contributed by atoms with Crippen LogP contribution in [0.15, 0.2) is 36.2 Å². The first kappa shape index (κ1) is 16.0. The number of pyridine rings is 1. The molecule has 1 atom stereocenters. The molecule has 3 aromatic heterocycles. The maximum atomic E-state index is 12.4. The van der Waals surface area contributed by atoms with Gasteiger partial charge in [0.2, 0.25) is 0 Å². The zero-order chi connectivity index (χ0) is 17.2. The highest BCUT2D eigenvalue weighted by molar-refractivity contribution is 7.18. The van der Waals surface area contributed by atoms with Crippen molar-refractivity contribution in [1.29, 1.82) is 0 Å². The third-order valence-electron chi connectivity index (χ3n) is 4.51. The zero-order valence-electron chi connectivity index (χ0n) is 14.0. The van der Waals surface area contributed by atoms with Crippen molar-refractivity contribution in [2.45, 2.75) is 25.8 Å². The number of hydrogen-bond donors (Lipinski definition) is 1. The second-order valence-corrected chi connectivity index (χ2v) is 7.17. The summed E-state index contributed by atoms with van der Waals surface area (Å²) in [7, 11) is 0. The Balaban J connectivity index is 1.52. The quantitative estimate of drug-likeness (QED) is 0.784. The second kappa shape index (κ2) is 6.76. The van der Waals surface area contributed by atoms with E-state index in [4.69, 9.17) is 0 Å². The van der Waals surface area contributed by atoms with E-state index < -0.39 is 0 Å². The summed E-state index contributed by atoms with van der Waals surface area (Å²) in [6.07, 6.45) is 6.91. The fraction of sp³-hybridized carbons (Fsp3) is 0.333. The van der Waals surface area contributed by atoms with Crippen LogP contribution in [0.5, 0.6) is 0 Å². The van der Waals surface area contributed by atoms with E-state index in [1.165, 1.54) is 5.56 Å². The molecule has 1 N–H and O–H groups in total. The fourth-order valence-corrected chi connectivity index (χ4v) is 4.26. The number of piperidine rings is 1. The minimum Gasteiger partial charge on any atom is -0.353 e. The van der Waals surface area contributed by atoms with Crippen molar-refractivity contribution in [2.24, 2.45) is 0 Å². The normalized spacial score (nSPS) is 17.6. The SMILES string of the molecule is Cc1csc2c(N3CCCC(NC(=O)c4ccncc4)C3)ncnc12. The summed E-state index contributed by atoms with van der Waals surface area (Å²) in [6.45, 7) is 3.79. The third-order valence-corrected chi connectivity index (χ3v) is 5.59.